The van der Waals surface area contributed by atoms with E-state index >= 15 is 0 Å². The van der Waals surface area contributed by atoms with E-state index in [0.717, 1.165) is 24.9 Å². The molecule has 3 heterocycles. The Morgan fingerprint density at radius 3 is 2.69 bits per heavy atom. The van der Waals surface area contributed by atoms with E-state index in [9.17, 15) is 26.7 Å². The van der Waals surface area contributed by atoms with Crippen molar-refractivity contribution < 1.29 is 41.0 Å². The van der Waals surface area contributed by atoms with Gasteiger partial charge in [-0.2, -0.15) is 0 Å². The number of carbonyl (C=O) groups is 1. The van der Waals surface area contributed by atoms with Gasteiger partial charge in [-0.25, -0.2) is 18.7 Å². The number of hydrogen-bond acceptors (Lipinski definition) is 7. The molecule has 0 saturated carbocycles. The Labute approximate surface area is 201 Å². The van der Waals surface area contributed by atoms with Crippen molar-refractivity contribution in [3.8, 4) is 5.75 Å². The predicted octanol–water partition coefficient (Wildman–Crippen LogP) is 3.96. The topological polar surface area (TPSA) is 100 Å². The van der Waals surface area contributed by atoms with Crippen LogP contribution in [0.1, 0.15) is 47.3 Å². The number of alkyl halides is 5. The molecule has 14 heteroatoms. The summed E-state index contributed by atoms with van der Waals surface area (Å²) in [5.41, 5.74) is -0.0562. The highest BCUT2D eigenvalue weighted by Crippen LogP contribution is 2.32. The number of benzene rings is 1. The second-order valence-corrected chi connectivity index (χ2v) is 7.94. The van der Waals surface area contributed by atoms with Gasteiger partial charge in [-0.05, 0) is 25.0 Å². The fourth-order valence-corrected chi connectivity index (χ4v) is 3.95. The Bertz CT molecular complexity index is 1200. The van der Waals surface area contributed by atoms with Gasteiger partial charge in [0.05, 0.1) is 36.1 Å². The van der Waals surface area contributed by atoms with Crippen molar-refractivity contribution in [3.05, 3.63) is 47.8 Å². The molecule has 0 aliphatic carbocycles. The highest BCUT2D eigenvalue weighted by molar-refractivity contribution is 5.92. The van der Waals surface area contributed by atoms with Gasteiger partial charge in [-0.1, -0.05) is 0 Å². The van der Waals surface area contributed by atoms with Gasteiger partial charge in [-0.15, -0.1) is 13.2 Å². The number of aromatic nitrogens is 4. The number of halogens is 5. The Balaban J connectivity index is 1.71. The first-order chi connectivity index (χ1) is 17.2. The van der Waals surface area contributed by atoms with Crippen molar-refractivity contribution in [3.63, 3.8) is 0 Å². The molecule has 4 rings (SSSR count). The molecule has 2 aromatic heterocycles. The molecule has 1 fully saturated rings. The monoisotopic (exact) mass is 515 g/mol. The van der Waals surface area contributed by atoms with Crippen molar-refractivity contribution in [1.82, 2.24) is 24.8 Å². The zero-order valence-electron chi connectivity index (χ0n) is 19.0. The lowest BCUT2D eigenvalue weighted by atomic mass is 10.1. The van der Waals surface area contributed by atoms with Crippen molar-refractivity contribution in [2.75, 3.05) is 20.3 Å². The summed E-state index contributed by atoms with van der Waals surface area (Å²) in [5, 5.41) is 2.78. The molecule has 3 aromatic rings. The van der Waals surface area contributed by atoms with Gasteiger partial charge in [0.15, 0.2) is 0 Å². The zero-order valence-corrected chi connectivity index (χ0v) is 19.0. The second-order valence-electron chi connectivity index (χ2n) is 7.94. The standard InChI is InChI=1S/C22H22F5N5O4/c1-34-8-6-32-16-5-4-12(36-22(25,26)27)9-13(16)30-20(32)18(17-3-2-7-35-17)31-21(33)15-11-28-14(10-29-15)19(23)24/h4-5,9-11,17-19H,2-3,6-8H2,1H3,(H,31,33)/t17-,18+/m1/s1. The van der Waals surface area contributed by atoms with E-state index in [0.29, 0.717) is 24.4 Å². The lowest BCUT2D eigenvalue weighted by Crippen LogP contribution is -2.38. The molecule has 1 amide bonds. The average Bonchev–Trinajstić information content (AvgIpc) is 3.48. The van der Waals surface area contributed by atoms with Crippen molar-refractivity contribution in [1.29, 1.82) is 0 Å². The maximum Gasteiger partial charge on any atom is 0.573 e. The molecule has 0 radical (unpaired) electrons. The van der Waals surface area contributed by atoms with E-state index in [-0.39, 0.29) is 24.4 Å². The van der Waals surface area contributed by atoms with Gasteiger partial charge in [0.25, 0.3) is 12.3 Å². The third-order valence-electron chi connectivity index (χ3n) is 5.53. The summed E-state index contributed by atoms with van der Waals surface area (Å²) in [6, 6.07) is 2.93. The second kappa shape index (κ2) is 10.7. The quantitative estimate of drug-likeness (QED) is 0.431. The van der Waals surface area contributed by atoms with Crippen LogP contribution in [0.15, 0.2) is 30.6 Å². The molecule has 9 nitrogen and oxygen atoms in total. The van der Waals surface area contributed by atoms with Crippen LogP contribution in [0, 0.1) is 0 Å². The van der Waals surface area contributed by atoms with E-state index in [1.54, 1.807) is 4.57 Å². The normalized spacial score (nSPS) is 17.0. The SMILES string of the molecule is COCCn1c([C@@H](NC(=O)c2cnc(C(F)F)cn2)[C@H]2CCCO2)nc2cc(OC(F)(F)F)ccc21. The number of carbonyl (C=O) groups excluding carboxylic acids is 1. The highest BCUT2D eigenvalue weighted by atomic mass is 19.4. The lowest BCUT2D eigenvalue weighted by molar-refractivity contribution is -0.274. The molecule has 36 heavy (non-hydrogen) atoms. The number of rotatable bonds is 9. The molecule has 1 aliphatic heterocycles. The third-order valence-corrected chi connectivity index (χ3v) is 5.53. The summed E-state index contributed by atoms with van der Waals surface area (Å²) in [5.74, 6) is -0.816. The van der Waals surface area contributed by atoms with Crippen LogP contribution in [-0.4, -0.2) is 58.2 Å². The van der Waals surface area contributed by atoms with Gasteiger partial charge in [0.1, 0.15) is 29.0 Å². The summed E-state index contributed by atoms with van der Waals surface area (Å²) in [7, 11) is 1.50. The molecule has 0 bridgehead atoms. The minimum atomic E-state index is -4.87. The fraction of sp³-hybridized carbons (Fsp3) is 0.455. The van der Waals surface area contributed by atoms with E-state index in [1.807, 2.05) is 0 Å². The summed E-state index contributed by atoms with van der Waals surface area (Å²) in [6.45, 7) is 0.984. The van der Waals surface area contributed by atoms with E-state index < -0.39 is 42.3 Å². The number of nitrogens with zero attached hydrogens (tertiary/aromatic N) is 4. The summed E-state index contributed by atoms with van der Waals surface area (Å²) in [4.78, 5) is 24.8. The fourth-order valence-electron chi connectivity index (χ4n) is 3.95. The highest BCUT2D eigenvalue weighted by Gasteiger charge is 2.34. The van der Waals surface area contributed by atoms with E-state index in [1.165, 1.54) is 19.2 Å². The zero-order chi connectivity index (χ0) is 25.9. The minimum absolute atomic E-state index is 0.192. The molecule has 194 valence electrons. The van der Waals surface area contributed by atoms with Crippen molar-refractivity contribution in [2.45, 2.75) is 44.3 Å². The first kappa shape index (κ1) is 25.7. The number of nitrogens with one attached hydrogen (secondary N) is 1. The Morgan fingerprint density at radius 1 is 1.28 bits per heavy atom. The largest absolute Gasteiger partial charge is 0.573 e. The van der Waals surface area contributed by atoms with Gasteiger partial charge < -0.3 is 24.1 Å². The molecular formula is C22H22F5N5O4. The molecule has 0 unspecified atom stereocenters. The van der Waals surface area contributed by atoms with Crippen LogP contribution in [-0.2, 0) is 16.0 Å². The van der Waals surface area contributed by atoms with Crippen LogP contribution in [0.3, 0.4) is 0 Å². The van der Waals surface area contributed by atoms with Crippen molar-refractivity contribution in [2.24, 2.45) is 0 Å². The van der Waals surface area contributed by atoms with Crippen LogP contribution >= 0.6 is 0 Å². The molecule has 1 aliphatic rings. The Hall–Kier alpha value is -3.39. The molecule has 1 saturated heterocycles. The van der Waals surface area contributed by atoms with Gasteiger partial charge in [-0.3, -0.25) is 9.78 Å². The van der Waals surface area contributed by atoms with E-state index in [4.69, 9.17) is 9.47 Å². The first-order valence-corrected chi connectivity index (χ1v) is 10.9. The van der Waals surface area contributed by atoms with E-state index in [2.05, 4.69) is 25.0 Å². The van der Waals surface area contributed by atoms with Crippen LogP contribution in [0.2, 0.25) is 0 Å². The Morgan fingerprint density at radius 2 is 2.08 bits per heavy atom. The maximum absolute atomic E-state index is 13.0. The molecule has 2 atom stereocenters. The summed E-state index contributed by atoms with van der Waals surface area (Å²) >= 11 is 0. The van der Waals surface area contributed by atoms with Gasteiger partial charge >= 0.3 is 6.36 Å². The number of hydrogen-bond donors (Lipinski definition) is 1. The lowest BCUT2D eigenvalue weighted by Gasteiger charge is -2.24. The Kier molecular flexibility index (Phi) is 7.64. The predicted molar refractivity (Wildman–Crippen MR) is 114 cm³/mol. The van der Waals surface area contributed by atoms with Crippen LogP contribution in [0.5, 0.6) is 5.75 Å². The van der Waals surface area contributed by atoms with Gasteiger partial charge in [0.2, 0.25) is 0 Å². The van der Waals surface area contributed by atoms with Crippen LogP contribution in [0.25, 0.3) is 11.0 Å². The van der Waals surface area contributed by atoms with Crippen molar-refractivity contribution >= 4 is 16.9 Å². The number of amides is 1. The number of fused-ring (bicyclic) bond motifs is 1. The molecular weight excluding hydrogens is 493 g/mol. The summed E-state index contributed by atoms with van der Waals surface area (Å²) < 4.78 is 80.4. The smallest absolute Gasteiger partial charge is 0.406 e. The van der Waals surface area contributed by atoms with Gasteiger partial charge in [0, 0.05) is 26.3 Å². The summed E-state index contributed by atoms with van der Waals surface area (Å²) in [6.07, 6.45) is -5.13. The number of imidazole rings is 1. The van der Waals surface area contributed by atoms with Crippen LogP contribution < -0.4 is 10.1 Å². The number of ether oxygens (including phenoxy) is 3. The van der Waals surface area contributed by atoms with Crippen LogP contribution in [0.4, 0.5) is 22.0 Å². The minimum Gasteiger partial charge on any atom is -0.406 e. The molecule has 1 aromatic carbocycles. The third kappa shape index (κ3) is 5.87. The number of methoxy groups -OCH3 is 1. The molecule has 0 spiro atoms. The molecule has 1 N–H and O–H groups in total. The maximum atomic E-state index is 13.0. The average molecular weight is 515 g/mol. The first-order valence-electron chi connectivity index (χ1n) is 10.9.